The number of ether oxygens (including phenoxy) is 1. The number of rotatable bonds is 5. The minimum absolute atomic E-state index is 0.00592. The topological polar surface area (TPSA) is 133 Å². The molecule has 2 N–H and O–H groups in total. The molecule has 0 aliphatic carbocycles. The number of tetrazole rings is 1. The third-order valence-electron chi connectivity index (χ3n) is 6.99. The lowest BCUT2D eigenvalue weighted by molar-refractivity contribution is 0.187. The van der Waals surface area contributed by atoms with Gasteiger partial charge < -0.3 is 14.3 Å². The number of carbonyl (C=O) groups excluding carboxylic acids is 1. The first-order valence-corrected chi connectivity index (χ1v) is 12.7. The first kappa shape index (κ1) is 25.4. The Hall–Kier alpha value is -4.84. The van der Waals surface area contributed by atoms with Gasteiger partial charge >= 0.3 is 6.09 Å². The van der Waals surface area contributed by atoms with Gasteiger partial charge in [-0.3, -0.25) is 10.1 Å². The van der Waals surface area contributed by atoms with E-state index < -0.39 is 11.9 Å². The Morgan fingerprint density at radius 2 is 1.98 bits per heavy atom. The molecule has 2 atom stereocenters. The lowest BCUT2D eigenvalue weighted by Crippen LogP contribution is -2.24. The molecular formula is C27H22ClFN8O3. The maximum atomic E-state index is 15.4. The molecule has 0 fully saturated rings. The highest BCUT2D eigenvalue weighted by molar-refractivity contribution is 6.31. The molecule has 0 bridgehead atoms. The molecule has 202 valence electrons. The zero-order chi connectivity index (χ0) is 28.0. The summed E-state index contributed by atoms with van der Waals surface area (Å²) in [6.07, 6.45) is 3.14. The summed E-state index contributed by atoms with van der Waals surface area (Å²) in [7, 11) is 1.30. The maximum Gasteiger partial charge on any atom is 0.411 e. The van der Waals surface area contributed by atoms with Crippen LogP contribution in [0.4, 0.5) is 14.9 Å². The number of aromatic nitrogens is 7. The fourth-order valence-corrected chi connectivity index (χ4v) is 5.24. The average molecular weight is 561 g/mol. The molecule has 11 nitrogen and oxygen atoms in total. The van der Waals surface area contributed by atoms with Crippen LogP contribution >= 0.6 is 11.6 Å². The van der Waals surface area contributed by atoms with Crippen molar-refractivity contribution in [2.75, 3.05) is 12.4 Å². The summed E-state index contributed by atoms with van der Waals surface area (Å²) < 4.78 is 23.0. The molecule has 0 spiro atoms. The first-order chi connectivity index (χ1) is 19.3. The number of nitrogens with zero attached hydrogens (tertiary/aromatic N) is 6. The normalized spacial score (nSPS) is 16.1. The Morgan fingerprint density at radius 3 is 2.70 bits per heavy atom. The minimum atomic E-state index is -0.662. The highest BCUT2D eigenvalue weighted by atomic mass is 35.5. The van der Waals surface area contributed by atoms with Crippen molar-refractivity contribution in [2.24, 2.45) is 0 Å². The lowest BCUT2D eigenvalue weighted by Gasteiger charge is -2.16. The summed E-state index contributed by atoms with van der Waals surface area (Å²) in [6, 6.07) is 13.1. The SMILES string of the molecule is COC(=O)Nc1ccc(-c2cnc([C@@H]3C[C@@H](C)c4cc(-c5c(-n6cnnn6)ccc(Cl)c5F)cc(=O)n43)[nH]2)cc1. The largest absolute Gasteiger partial charge is 0.453 e. The Kier molecular flexibility index (Phi) is 6.39. The summed E-state index contributed by atoms with van der Waals surface area (Å²) in [5.74, 6) is -0.0335. The van der Waals surface area contributed by atoms with E-state index >= 15 is 4.39 Å². The number of H-pyrrole nitrogens is 1. The van der Waals surface area contributed by atoms with Crippen LogP contribution in [-0.4, -0.2) is 47.9 Å². The lowest BCUT2D eigenvalue weighted by atomic mass is 9.99. The zero-order valence-electron chi connectivity index (χ0n) is 21.3. The van der Waals surface area contributed by atoms with Crippen LogP contribution in [0.25, 0.3) is 28.1 Å². The van der Waals surface area contributed by atoms with Gasteiger partial charge in [-0.05, 0) is 64.2 Å². The number of fused-ring (bicyclic) bond motifs is 1. The van der Waals surface area contributed by atoms with Gasteiger partial charge in [0.1, 0.15) is 12.2 Å². The Bertz CT molecular complexity index is 1780. The fourth-order valence-electron chi connectivity index (χ4n) is 5.09. The van der Waals surface area contributed by atoms with E-state index in [1.165, 1.54) is 30.3 Å². The molecule has 3 aromatic heterocycles. The van der Waals surface area contributed by atoms with Crippen LogP contribution in [0.1, 0.15) is 36.8 Å². The molecule has 6 rings (SSSR count). The molecule has 13 heteroatoms. The fraction of sp³-hybridized carbons (Fsp3) is 0.185. The summed E-state index contributed by atoms with van der Waals surface area (Å²) in [5, 5.41) is 13.7. The quantitative estimate of drug-likeness (QED) is 0.311. The maximum absolute atomic E-state index is 15.4. The van der Waals surface area contributed by atoms with Crippen molar-refractivity contribution in [1.82, 2.24) is 34.7 Å². The number of anilines is 1. The second-order valence-corrected chi connectivity index (χ2v) is 9.82. The zero-order valence-corrected chi connectivity index (χ0v) is 22.1. The van der Waals surface area contributed by atoms with E-state index in [2.05, 4.69) is 35.5 Å². The number of benzene rings is 2. The third-order valence-corrected chi connectivity index (χ3v) is 7.28. The highest BCUT2D eigenvalue weighted by Gasteiger charge is 2.33. The minimum Gasteiger partial charge on any atom is -0.453 e. The summed E-state index contributed by atoms with van der Waals surface area (Å²) in [4.78, 5) is 32.9. The van der Waals surface area contributed by atoms with Crippen molar-refractivity contribution < 1.29 is 13.9 Å². The molecule has 5 aromatic rings. The second-order valence-electron chi connectivity index (χ2n) is 9.42. The number of nitrogens with one attached hydrogen (secondary N) is 2. The van der Waals surface area contributed by atoms with Crippen LogP contribution in [-0.2, 0) is 4.74 Å². The molecule has 4 heterocycles. The van der Waals surface area contributed by atoms with Gasteiger partial charge in [0.15, 0.2) is 5.82 Å². The van der Waals surface area contributed by atoms with E-state index in [1.54, 1.807) is 29.0 Å². The second kappa shape index (κ2) is 10.0. The smallest absolute Gasteiger partial charge is 0.411 e. The Labute approximate surface area is 231 Å². The van der Waals surface area contributed by atoms with Gasteiger partial charge in [-0.15, -0.1) is 5.10 Å². The third kappa shape index (κ3) is 4.41. The predicted molar refractivity (Wildman–Crippen MR) is 145 cm³/mol. The van der Waals surface area contributed by atoms with Crippen molar-refractivity contribution in [2.45, 2.75) is 25.3 Å². The number of carbonyl (C=O) groups is 1. The molecule has 40 heavy (non-hydrogen) atoms. The first-order valence-electron chi connectivity index (χ1n) is 12.3. The highest BCUT2D eigenvalue weighted by Crippen LogP contribution is 2.41. The van der Waals surface area contributed by atoms with Gasteiger partial charge in [0, 0.05) is 23.0 Å². The summed E-state index contributed by atoms with van der Waals surface area (Å²) >= 11 is 6.12. The molecular weight excluding hydrogens is 539 g/mol. The van der Waals surface area contributed by atoms with Crippen molar-refractivity contribution in [1.29, 1.82) is 0 Å². The van der Waals surface area contributed by atoms with Crippen LogP contribution in [0, 0.1) is 5.82 Å². The van der Waals surface area contributed by atoms with Gasteiger partial charge in [0.2, 0.25) is 0 Å². The molecule has 0 saturated carbocycles. The average Bonchev–Trinajstić information content (AvgIpc) is 3.72. The molecule has 2 aromatic carbocycles. The predicted octanol–water partition coefficient (Wildman–Crippen LogP) is 4.95. The Morgan fingerprint density at radius 1 is 1.18 bits per heavy atom. The van der Waals surface area contributed by atoms with Crippen LogP contribution in [0.3, 0.4) is 0 Å². The number of hydrogen-bond donors (Lipinski definition) is 2. The molecule has 0 radical (unpaired) electrons. The molecule has 1 amide bonds. The van der Waals surface area contributed by atoms with E-state index in [1.807, 2.05) is 25.1 Å². The number of halogens is 2. The number of methoxy groups -OCH3 is 1. The summed E-state index contributed by atoms with van der Waals surface area (Å²) in [5.41, 5.74) is 3.56. The number of imidazole rings is 1. The van der Waals surface area contributed by atoms with Crippen LogP contribution in [0.15, 0.2) is 65.8 Å². The van der Waals surface area contributed by atoms with E-state index in [0.29, 0.717) is 29.2 Å². The monoisotopic (exact) mass is 560 g/mol. The van der Waals surface area contributed by atoms with Gasteiger partial charge in [0.25, 0.3) is 5.56 Å². The van der Waals surface area contributed by atoms with Gasteiger partial charge in [-0.2, -0.15) is 4.68 Å². The van der Waals surface area contributed by atoms with E-state index in [9.17, 15) is 9.59 Å². The van der Waals surface area contributed by atoms with E-state index in [0.717, 1.165) is 17.0 Å². The van der Waals surface area contributed by atoms with Crippen molar-refractivity contribution in [3.8, 4) is 28.1 Å². The van der Waals surface area contributed by atoms with E-state index in [4.69, 9.17) is 11.6 Å². The standard InChI is InChI=1S/C27H22ClFN8O3/c1-14-9-22(26-30-12-19(33-26)15-3-5-17(6-4-15)32-27(39)40-2)37-21(14)10-16(11-23(37)38)24-20(36-13-31-34-35-36)8-7-18(28)25(24)29/h3-8,10-14,22H,9H2,1-2H3,(H,30,33)(H,32,39)/t14-,22+/m1/s1. The van der Waals surface area contributed by atoms with Crippen LogP contribution < -0.4 is 10.9 Å². The van der Waals surface area contributed by atoms with E-state index in [-0.39, 0.29) is 28.1 Å². The van der Waals surface area contributed by atoms with Crippen molar-refractivity contribution in [3.63, 3.8) is 0 Å². The number of amides is 1. The molecule has 1 aliphatic rings. The van der Waals surface area contributed by atoms with Gasteiger partial charge in [-0.25, -0.2) is 14.2 Å². The Balaban J connectivity index is 1.35. The van der Waals surface area contributed by atoms with Gasteiger partial charge in [0.05, 0.1) is 35.8 Å². The summed E-state index contributed by atoms with van der Waals surface area (Å²) in [6.45, 7) is 2.02. The number of hydrogen-bond acceptors (Lipinski definition) is 7. The van der Waals surface area contributed by atoms with Crippen molar-refractivity contribution >= 4 is 23.4 Å². The number of aromatic amines is 1. The van der Waals surface area contributed by atoms with Crippen molar-refractivity contribution in [3.05, 3.63) is 93.8 Å². The van der Waals surface area contributed by atoms with Crippen LogP contribution in [0.5, 0.6) is 0 Å². The number of pyridine rings is 1. The van der Waals surface area contributed by atoms with Gasteiger partial charge in [-0.1, -0.05) is 30.7 Å². The van der Waals surface area contributed by atoms with Crippen LogP contribution in [0.2, 0.25) is 5.02 Å². The molecule has 1 aliphatic heterocycles. The molecule has 0 unspecified atom stereocenters. The molecule has 0 saturated heterocycles.